The third-order valence-electron chi connectivity index (χ3n) is 7.81. The summed E-state index contributed by atoms with van der Waals surface area (Å²) in [5.74, 6) is 0.786. The van der Waals surface area contributed by atoms with Crippen LogP contribution in [0.4, 0.5) is 0 Å². The van der Waals surface area contributed by atoms with Crippen LogP contribution in [0.25, 0.3) is 11.1 Å². The highest BCUT2D eigenvalue weighted by Gasteiger charge is 2.36. The van der Waals surface area contributed by atoms with Gasteiger partial charge < -0.3 is 4.90 Å². The zero-order valence-corrected chi connectivity index (χ0v) is 19.8. The van der Waals surface area contributed by atoms with Gasteiger partial charge in [0.25, 0.3) is 0 Å². The van der Waals surface area contributed by atoms with E-state index in [1.165, 1.54) is 48.1 Å². The summed E-state index contributed by atoms with van der Waals surface area (Å²) >= 11 is 0. The molecule has 1 saturated heterocycles. The Bertz CT molecular complexity index is 1050. The van der Waals surface area contributed by atoms with E-state index in [9.17, 15) is 0 Å². The first kappa shape index (κ1) is 22.0. The summed E-state index contributed by atoms with van der Waals surface area (Å²) in [6.45, 7) is 13.2. The monoisotopic (exact) mass is 436 g/mol. The van der Waals surface area contributed by atoms with Crippen molar-refractivity contribution >= 4 is 11.1 Å². The topological polar surface area (TPSA) is 6.48 Å². The molecule has 0 spiro atoms. The highest BCUT2D eigenvalue weighted by atomic mass is 15.2. The van der Waals surface area contributed by atoms with Gasteiger partial charge >= 0.3 is 0 Å². The van der Waals surface area contributed by atoms with Gasteiger partial charge in [0.1, 0.15) is 0 Å². The fourth-order valence-electron chi connectivity index (χ4n) is 5.79. The summed E-state index contributed by atoms with van der Waals surface area (Å²) in [5.41, 5.74) is 8.36. The van der Waals surface area contributed by atoms with Crippen LogP contribution < -0.4 is 0 Å². The molecular formula is C31H36N2. The molecule has 2 unspecified atom stereocenters. The van der Waals surface area contributed by atoms with E-state index in [1.807, 2.05) is 0 Å². The van der Waals surface area contributed by atoms with Crippen LogP contribution in [0.2, 0.25) is 0 Å². The predicted molar refractivity (Wildman–Crippen MR) is 141 cm³/mol. The summed E-state index contributed by atoms with van der Waals surface area (Å²) in [7, 11) is 0. The molecule has 2 atom stereocenters. The zero-order valence-electron chi connectivity index (χ0n) is 19.8. The molecule has 2 aromatic carbocycles. The van der Waals surface area contributed by atoms with Gasteiger partial charge in [0, 0.05) is 19.6 Å². The molecule has 0 radical (unpaired) electrons. The molecule has 0 aromatic heterocycles. The molecule has 2 heterocycles. The Morgan fingerprint density at radius 2 is 1.42 bits per heavy atom. The minimum Gasteiger partial charge on any atom is -0.370 e. The van der Waals surface area contributed by atoms with Crippen molar-refractivity contribution in [1.29, 1.82) is 0 Å². The van der Waals surface area contributed by atoms with Gasteiger partial charge in [0.05, 0.1) is 6.04 Å². The molecule has 0 N–H and O–H groups in total. The highest BCUT2D eigenvalue weighted by molar-refractivity contribution is 5.64. The van der Waals surface area contributed by atoms with Gasteiger partial charge in [-0.25, -0.2) is 0 Å². The lowest BCUT2D eigenvalue weighted by molar-refractivity contribution is 0.205. The largest absolute Gasteiger partial charge is 0.370 e. The normalized spacial score (nSPS) is 22.2. The van der Waals surface area contributed by atoms with E-state index >= 15 is 0 Å². The van der Waals surface area contributed by atoms with Gasteiger partial charge in [0.15, 0.2) is 0 Å². The number of fused-ring (bicyclic) bond motifs is 2. The quantitative estimate of drug-likeness (QED) is 0.449. The average Bonchev–Trinajstić information content (AvgIpc) is 3.30. The van der Waals surface area contributed by atoms with Crippen molar-refractivity contribution in [2.75, 3.05) is 26.2 Å². The Hall–Kier alpha value is -2.84. The van der Waals surface area contributed by atoms with Gasteiger partial charge in [-0.05, 0) is 90.3 Å². The molecule has 0 amide bonds. The smallest absolute Gasteiger partial charge is 0.0538 e. The molecule has 33 heavy (non-hydrogen) atoms. The van der Waals surface area contributed by atoms with E-state index < -0.39 is 0 Å². The summed E-state index contributed by atoms with van der Waals surface area (Å²) in [6, 6.07) is 21.8. The van der Waals surface area contributed by atoms with Crippen molar-refractivity contribution in [3.8, 4) is 0 Å². The SMILES string of the molecule is C=C(CCN1CCC2CCC3C(=C2C1)C=CN3CCC(=C)c1ccccc1)c1ccccc1. The molecule has 2 aromatic rings. The second-order valence-electron chi connectivity index (χ2n) is 9.83. The number of nitrogens with zero attached hydrogens (tertiary/aromatic N) is 2. The first-order chi connectivity index (χ1) is 16.2. The number of piperidine rings is 1. The molecule has 2 nitrogen and oxygen atoms in total. The molecule has 2 heteroatoms. The predicted octanol–water partition coefficient (Wildman–Crippen LogP) is 6.80. The molecule has 3 aliphatic rings. The molecule has 5 rings (SSSR count). The van der Waals surface area contributed by atoms with Crippen LogP contribution >= 0.6 is 0 Å². The Balaban J connectivity index is 1.19. The van der Waals surface area contributed by atoms with E-state index in [2.05, 4.69) is 95.9 Å². The fraction of sp³-hybridized carbons (Fsp3) is 0.355. The Morgan fingerprint density at radius 3 is 2.09 bits per heavy atom. The van der Waals surface area contributed by atoms with Crippen molar-refractivity contribution < 1.29 is 0 Å². The molecule has 1 fully saturated rings. The minimum atomic E-state index is 0.569. The van der Waals surface area contributed by atoms with E-state index in [1.54, 1.807) is 11.1 Å². The fourth-order valence-corrected chi connectivity index (χ4v) is 5.79. The van der Waals surface area contributed by atoms with Crippen LogP contribution in [0.1, 0.15) is 43.2 Å². The summed E-state index contributed by atoms with van der Waals surface area (Å²) in [5, 5.41) is 0. The van der Waals surface area contributed by atoms with E-state index in [-0.39, 0.29) is 0 Å². The summed E-state index contributed by atoms with van der Waals surface area (Å²) < 4.78 is 0. The third kappa shape index (κ3) is 4.91. The van der Waals surface area contributed by atoms with Crippen molar-refractivity contribution in [3.63, 3.8) is 0 Å². The van der Waals surface area contributed by atoms with Crippen molar-refractivity contribution in [2.45, 2.75) is 38.1 Å². The van der Waals surface area contributed by atoms with Gasteiger partial charge in [-0.3, -0.25) is 4.90 Å². The van der Waals surface area contributed by atoms with E-state index in [0.717, 1.165) is 38.4 Å². The Kier molecular flexibility index (Phi) is 6.64. The van der Waals surface area contributed by atoms with E-state index in [4.69, 9.17) is 0 Å². The van der Waals surface area contributed by atoms with Gasteiger partial charge in [-0.1, -0.05) is 73.8 Å². The number of benzene rings is 2. The maximum Gasteiger partial charge on any atom is 0.0538 e. The molecular weight excluding hydrogens is 400 g/mol. The first-order valence-electron chi connectivity index (χ1n) is 12.5. The number of likely N-dealkylation sites (tertiary alicyclic amines) is 1. The standard InChI is InChI=1S/C31H36N2/c1-24(26-9-5-3-6-10-26)15-19-32-20-17-28-13-14-31-29(30(28)23-32)18-22-33(31)21-16-25(2)27-11-7-4-8-12-27/h3-12,18,22,28,31H,1-2,13-17,19-21,23H2. The zero-order chi connectivity index (χ0) is 22.6. The van der Waals surface area contributed by atoms with Gasteiger partial charge in [-0.2, -0.15) is 0 Å². The molecule has 170 valence electrons. The van der Waals surface area contributed by atoms with Crippen molar-refractivity contribution in [2.24, 2.45) is 5.92 Å². The summed E-state index contributed by atoms with van der Waals surface area (Å²) in [4.78, 5) is 5.23. The maximum absolute atomic E-state index is 4.35. The van der Waals surface area contributed by atoms with Crippen LogP contribution in [0, 0.1) is 5.92 Å². The Labute approximate surface area is 199 Å². The number of hydrogen-bond donors (Lipinski definition) is 0. The Morgan fingerprint density at radius 1 is 0.788 bits per heavy atom. The van der Waals surface area contributed by atoms with Crippen LogP contribution in [-0.2, 0) is 0 Å². The van der Waals surface area contributed by atoms with Crippen LogP contribution in [-0.4, -0.2) is 42.0 Å². The van der Waals surface area contributed by atoms with Gasteiger partial charge in [-0.15, -0.1) is 0 Å². The van der Waals surface area contributed by atoms with Crippen molar-refractivity contribution in [3.05, 3.63) is 108 Å². The summed E-state index contributed by atoms with van der Waals surface area (Å²) in [6.07, 6.45) is 10.8. The average molecular weight is 437 g/mol. The van der Waals surface area contributed by atoms with E-state index in [0.29, 0.717) is 6.04 Å². The molecule has 0 saturated carbocycles. The van der Waals surface area contributed by atoms with Crippen LogP contribution in [0.5, 0.6) is 0 Å². The molecule has 1 aliphatic carbocycles. The van der Waals surface area contributed by atoms with Crippen LogP contribution in [0.3, 0.4) is 0 Å². The second-order valence-corrected chi connectivity index (χ2v) is 9.83. The number of rotatable bonds is 8. The molecule has 0 bridgehead atoms. The first-order valence-corrected chi connectivity index (χ1v) is 12.5. The van der Waals surface area contributed by atoms with Crippen molar-refractivity contribution in [1.82, 2.24) is 9.80 Å². The number of hydrogen-bond acceptors (Lipinski definition) is 2. The second kappa shape index (κ2) is 9.97. The highest BCUT2D eigenvalue weighted by Crippen LogP contribution is 2.41. The molecule has 2 aliphatic heterocycles. The third-order valence-corrected chi connectivity index (χ3v) is 7.81. The lowest BCUT2D eigenvalue weighted by Gasteiger charge is -2.41. The van der Waals surface area contributed by atoms with Crippen LogP contribution in [0.15, 0.2) is 97.2 Å². The lowest BCUT2D eigenvalue weighted by atomic mass is 9.76. The minimum absolute atomic E-state index is 0.569. The maximum atomic E-state index is 4.35. The lowest BCUT2D eigenvalue weighted by Crippen LogP contribution is -2.41. The van der Waals surface area contributed by atoms with Gasteiger partial charge in [0.2, 0.25) is 0 Å².